The van der Waals surface area contributed by atoms with E-state index in [4.69, 9.17) is 22.5 Å². The molecular formula is C11H11BrN4OS. The highest BCUT2D eigenvalue weighted by atomic mass is 79.9. The van der Waals surface area contributed by atoms with Crippen LogP contribution in [0.5, 0.6) is 0 Å². The van der Waals surface area contributed by atoms with Gasteiger partial charge in [-0.3, -0.25) is 0 Å². The van der Waals surface area contributed by atoms with Crippen LogP contribution >= 0.6 is 28.1 Å². The third-order valence-corrected chi connectivity index (χ3v) is 2.97. The Labute approximate surface area is 118 Å². The maximum atomic E-state index is 5.68. The first-order valence-corrected chi connectivity index (χ1v) is 6.39. The van der Waals surface area contributed by atoms with Crippen molar-refractivity contribution in [3.05, 3.63) is 40.0 Å². The molecule has 0 atom stereocenters. The van der Waals surface area contributed by atoms with Gasteiger partial charge in [0, 0.05) is 22.6 Å². The number of aromatic nitrogens is 2. The number of nitrogens with zero attached hydrogens (tertiary/aromatic N) is 2. The predicted molar refractivity (Wildman–Crippen MR) is 76.4 cm³/mol. The summed E-state index contributed by atoms with van der Waals surface area (Å²) in [5, 5.41) is 6.98. The summed E-state index contributed by atoms with van der Waals surface area (Å²) in [6.45, 7) is 2.20. The average Bonchev–Trinajstić information content (AvgIpc) is 2.73. The van der Waals surface area contributed by atoms with Gasteiger partial charge in [0.25, 0.3) is 0 Å². The largest absolute Gasteiger partial charge is 0.389 e. The minimum Gasteiger partial charge on any atom is -0.389 e. The van der Waals surface area contributed by atoms with E-state index in [1.165, 1.54) is 0 Å². The SMILES string of the molecule is Cc1nc(CNc2ccc(Br)cc2C(N)=S)no1. The van der Waals surface area contributed by atoms with Gasteiger partial charge in [-0.15, -0.1) is 0 Å². The zero-order valence-electron chi connectivity index (χ0n) is 9.61. The highest BCUT2D eigenvalue weighted by molar-refractivity contribution is 9.10. The number of rotatable bonds is 4. The average molecular weight is 327 g/mol. The fourth-order valence-electron chi connectivity index (χ4n) is 1.46. The lowest BCUT2D eigenvalue weighted by Crippen LogP contribution is -2.13. The van der Waals surface area contributed by atoms with Crippen LogP contribution in [0.2, 0.25) is 0 Å². The molecule has 0 amide bonds. The molecule has 0 aliphatic heterocycles. The molecule has 94 valence electrons. The van der Waals surface area contributed by atoms with Gasteiger partial charge < -0.3 is 15.6 Å². The van der Waals surface area contributed by atoms with Crippen LogP contribution in [0.4, 0.5) is 5.69 Å². The number of thiocarbonyl (C=S) groups is 1. The fraction of sp³-hybridized carbons (Fsp3) is 0.182. The quantitative estimate of drug-likeness (QED) is 0.840. The highest BCUT2D eigenvalue weighted by Gasteiger charge is 2.07. The summed E-state index contributed by atoms with van der Waals surface area (Å²) in [6, 6.07) is 5.67. The first kappa shape index (κ1) is 13.0. The summed E-state index contributed by atoms with van der Waals surface area (Å²) in [5.74, 6) is 1.13. The maximum Gasteiger partial charge on any atom is 0.223 e. The van der Waals surface area contributed by atoms with E-state index >= 15 is 0 Å². The van der Waals surface area contributed by atoms with Gasteiger partial charge in [0.1, 0.15) is 4.99 Å². The van der Waals surface area contributed by atoms with Crippen molar-refractivity contribution in [1.82, 2.24) is 10.1 Å². The normalized spacial score (nSPS) is 10.3. The van der Waals surface area contributed by atoms with Crippen LogP contribution in [0.3, 0.4) is 0 Å². The zero-order valence-corrected chi connectivity index (χ0v) is 12.0. The van der Waals surface area contributed by atoms with Crippen molar-refractivity contribution < 1.29 is 4.52 Å². The summed E-state index contributed by atoms with van der Waals surface area (Å²) in [7, 11) is 0. The molecule has 2 aromatic rings. The van der Waals surface area contributed by atoms with Gasteiger partial charge in [0.15, 0.2) is 5.82 Å². The van der Waals surface area contributed by atoms with E-state index in [-0.39, 0.29) is 0 Å². The molecule has 0 saturated heterocycles. The van der Waals surface area contributed by atoms with Crippen molar-refractivity contribution in [3.63, 3.8) is 0 Å². The Balaban J connectivity index is 2.16. The number of anilines is 1. The minimum atomic E-state index is 0.336. The molecule has 18 heavy (non-hydrogen) atoms. The maximum absolute atomic E-state index is 5.68. The summed E-state index contributed by atoms with van der Waals surface area (Å²) < 4.78 is 5.81. The van der Waals surface area contributed by atoms with E-state index in [0.29, 0.717) is 23.2 Å². The molecule has 3 N–H and O–H groups in total. The van der Waals surface area contributed by atoms with E-state index in [1.54, 1.807) is 6.92 Å². The third-order valence-electron chi connectivity index (χ3n) is 2.25. The lowest BCUT2D eigenvalue weighted by molar-refractivity contribution is 0.388. The fourth-order valence-corrected chi connectivity index (χ4v) is 1.99. The van der Waals surface area contributed by atoms with Crippen molar-refractivity contribution in [1.29, 1.82) is 0 Å². The number of benzene rings is 1. The number of aryl methyl sites for hydroxylation is 1. The van der Waals surface area contributed by atoms with E-state index in [1.807, 2.05) is 18.2 Å². The molecule has 2 rings (SSSR count). The molecule has 0 spiro atoms. The Hall–Kier alpha value is -1.47. The topological polar surface area (TPSA) is 77.0 Å². The first-order valence-electron chi connectivity index (χ1n) is 5.18. The zero-order chi connectivity index (χ0) is 13.1. The molecule has 1 aromatic carbocycles. The van der Waals surface area contributed by atoms with Gasteiger partial charge in [-0.1, -0.05) is 33.3 Å². The number of halogens is 1. The van der Waals surface area contributed by atoms with Gasteiger partial charge in [-0.2, -0.15) is 4.98 Å². The molecule has 0 radical (unpaired) electrons. The molecule has 1 aromatic heterocycles. The molecule has 5 nitrogen and oxygen atoms in total. The lowest BCUT2D eigenvalue weighted by Gasteiger charge is -2.10. The monoisotopic (exact) mass is 326 g/mol. The van der Waals surface area contributed by atoms with Crippen LogP contribution < -0.4 is 11.1 Å². The van der Waals surface area contributed by atoms with Crippen molar-refractivity contribution in [2.24, 2.45) is 5.73 Å². The number of nitrogens with two attached hydrogens (primary N) is 1. The molecule has 0 saturated carbocycles. The van der Waals surface area contributed by atoms with E-state index in [2.05, 4.69) is 31.4 Å². The Kier molecular flexibility index (Phi) is 3.93. The van der Waals surface area contributed by atoms with Crippen molar-refractivity contribution in [2.45, 2.75) is 13.5 Å². The van der Waals surface area contributed by atoms with Gasteiger partial charge in [0.05, 0.1) is 6.54 Å². The number of nitrogens with one attached hydrogen (secondary N) is 1. The van der Waals surface area contributed by atoms with Gasteiger partial charge >= 0.3 is 0 Å². The lowest BCUT2D eigenvalue weighted by atomic mass is 10.2. The van der Waals surface area contributed by atoms with E-state index < -0.39 is 0 Å². The number of hydrogen-bond donors (Lipinski definition) is 2. The van der Waals surface area contributed by atoms with Crippen molar-refractivity contribution in [2.75, 3.05) is 5.32 Å². The second kappa shape index (κ2) is 5.45. The Morgan fingerprint density at radius 1 is 1.56 bits per heavy atom. The summed E-state index contributed by atoms with van der Waals surface area (Å²) in [5.41, 5.74) is 7.30. The summed E-state index contributed by atoms with van der Waals surface area (Å²) in [4.78, 5) is 4.44. The van der Waals surface area contributed by atoms with Gasteiger partial charge in [0.2, 0.25) is 5.89 Å². The van der Waals surface area contributed by atoms with Crippen LogP contribution in [-0.4, -0.2) is 15.1 Å². The van der Waals surface area contributed by atoms with E-state index in [0.717, 1.165) is 15.7 Å². The molecule has 0 aliphatic rings. The molecule has 0 fully saturated rings. The molecule has 1 heterocycles. The minimum absolute atomic E-state index is 0.336. The standard InChI is InChI=1S/C11H11BrN4OS/c1-6-15-10(16-17-6)5-14-9-3-2-7(12)4-8(9)11(13)18/h2-4,14H,5H2,1H3,(H2,13,18). The second-order valence-corrected chi connectivity index (χ2v) is 4.99. The van der Waals surface area contributed by atoms with Gasteiger partial charge in [-0.05, 0) is 18.2 Å². The Morgan fingerprint density at radius 2 is 2.33 bits per heavy atom. The molecule has 7 heteroatoms. The third kappa shape index (κ3) is 3.05. The molecular weight excluding hydrogens is 316 g/mol. The van der Waals surface area contributed by atoms with Crippen LogP contribution in [-0.2, 0) is 6.54 Å². The molecule has 0 aliphatic carbocycles. The van der Waals surface area contributed by atoms with Crippen molar-refractivity contribution in [3.8, 4) is 0 Å². The second-order valence-electron chi connectivity index (χ2n) is 3.64. The van der Waals surface area contributed by atoms with Crippen LogP contribution in [0.1, 0.15) is 17.3 Å². The van der Waals surface area contributed by atoms with Crippen LogP contribution in [0, 0.1) is 6.92 Å². The molecule has 0 unspecified atom stereocenters. The van der Waals surface area contributed by atoms with Crippen LogP contribution in [0.15, 0.2) is 27.2 Å². The number of hydrogen-bond acceptors (Lipinski definition) is 5. The smallest absolute Gasteiger partial charge is 0.223 e. The van der Waals surface area contributed by atoms with E-state index in [9.17, 15) is 0 Å². The summed E-state index contributed by atoms with van der Waals surface area (Å²) >= 11 is 8.39. The summed E-state index contributed by atoms with van der Waals surface area (Å²) in [6.07, 6.45) is 0. The predicted octanol–water partition coefficient (Wildman–Crippen LogP) is 2.39. The van der Waals surface area contributed by atoms with Crippen LogP contribution in [0.25, 0.3) is 0 Å². The Bertz CT molecular complexity index is 584. The molecule has 0 bridgehead atoms. The Morgan fingerprint density at radius 3 is 2.94 bits per heavy atom. The van der Waals surface area contributed by atoms with Gasteiger partial charge in [-0.25, -0.2) is 0 Å². The first-order chi connectivity index (χ1) is 8.56. The highest BCUT2D eigenvalue weighted by Crippen LogP contribution is 2.21. The van der Waals surface area contributed by atoms with Crippen molar-refractivity contribution >= 4 is 38.8 Å².